The number of rotatable bonds is 4. The summed E-state index contributed by atoms with van der Waals surface area (Å²) in [4.78, 5) is 28.6. The van der Waals surface area contributed by atoms with Crippen LogP contribution in [0.4, 0.5) is 0 Å². The monoisotopic (exact) mass is 861 g/mol. The fourth-order valence-corrected chi connectivity index (χ4v) is 6.60. The molecule has 6 heterocycles. The molecule has 0 aliphatic rings. The maximum Gasteiger partial charge on any atom is 2.00 e. The summed E-state index contributed by atoms with van der Waals surface area (Å²) in [6.45, 7) is 40.0. The van der Waals surface area contributed by atoms with Crippen molar-refractivity contribution < 1.29 is 16.8 Å². The summed E-state index contributed by atoms with van der Waals surface area (Å²) in [5.41, 5.74) is 14.9. The van der Waals surface area contributed by atoms with Crippen molar-refractivity contribution in [3.63, 3.8) is 0 Å². The molecule has 1 radical (unpaired) electrons. The van der Waals surface area contributed by atoms with E-state index in [0.717, 1.165) is 45.6 Å². The van der Waals surface area contributed by atoms with Gasteiger partial charge in [-0.3, -0.25) is 19.9 Å². The maximum atomic E-state index is 5.01. The second-order valence-corrected chi connectivity index (χ2v) is 22.5. The second-order valence-electron chi connectivity index (χ2n) is 22.5. The van der Waals surface area contributed by atoms with E-state index in [0.29, 0.717) is 0 Å². The predicted octanol–water partition coefficient (Wildman–Crippen LogP) is 14.2. The molecule has 6 rings (SSSR count). The van der Waals surface area contributed by atoms with Crippen molar-refractivity contribution in [1.29, 1.82) is 0 Å². The molecular formula is C54H70CoN6+2. The Balaban J connectivity index is 0.000000264. The summed E-state index contributed by atoms with van der Waals surface area (Å²) >= 11 is 0. The summed E-state index contributed by atoms with van der Waals surface area (Å²) in [5.74, 6) is 0. The third-order valence-electron chi connectivity index (χ3n) is 10.9. The van der Waals surface area contributed by atoms with Gasteiger partial charge in [0.25, 0.3) is 0 Å². The van der Waals surface area contributed by atoms with Gasteiger partial charge in [0.2, 0.25) is 0 Å². The number of hydrogen-bond acceptors (Lipinski definition) is 6. The fourth-order valence-electron chi connectivity index (χ4n) is 6.60. The van der Waals surface area contributed by atoms with Crippen LogP contribution in [0.2, 0.25) is 0 Å². The van der Waals surface area contributed by atoms with Crippen molar-refractivity contribution in [2.24, 2.45) is 0 Å². The van der Waals surface area contributed by atoms with E-state index in [1.165, 1.54) is 33.4 Å². The van der Waals surface area contributed by atoms with Crippen LogP contribution in [-0.4, -0.2) is 29.9 Å². The molecule has 0 aliphatic carbocycles. The van der Waals surface area contributed by atoms with Gasteiger partial charge in [-0.1, -0.05) is 125 Å². The smallest absolute Gasteiger partial charge is 0.255 e. The Hall–Kier alpha value is -4.59. The first kappa shape index (κ1) is 49.1. The minimum atomic E-state index is -0.00425. The number of aromatic nitrogens is 6. The molecule has 6 aromatic rings. The topological polar surface area (TPSA) is 77.3 Å². The molecule has 0 N–H and O–H groups in total. The predicted molar refractivity (Wildman–Crippen MR) is 254 cm³/mol. The Morgan fingerprint density at radius 3 is 0.574 bits per heavy atom. The molecule has 0 atom stereocenters. The quantitative estimate of drug-likeness (QED) is 0.176. The number of nitrogens with zero attached hydrogens (tertiary/aromatic N) is 6. The third kappa shape index (κ3) is 12.7. The van der Waals surface area contributed by atoms with Gasteiger partial charge in [-0.25, -0.2) is 9.97 Å². The molecule has 0 saturated carbocycles. The normalized spacial score (nSPS) is 12.6. The number of pyridine rings is 6. The Kier molecular flexibility index (Phi) is 14.5. The number of hydrogen-bond donors (Lipinski definition) is 0. The van der Waals surface area contributed by atoms with E-state index in [4.69, 9.17) is 9.97 Å². The summed E-state index contributed by atoms with van der Waals surface area (Å²) in [5, 5.41) is 0. The average molecular weight is 862 g/mol. The molecule has 0 aliphatic heterocycles. The van der Waals surface area contributed by atoms with Gasteiger partial charge in [0.15, 0.2) is 0 Å². The molecule has 323 valence electrons. The van der Waals surface area contributed by atoms with E-state index >= 15 is 0 Å². The molecule has 7 heteroatoms. The zero-order chi connectivity index (χ0) is 44.6. The standard InChI is InChI=1S/2C27H35N3.Co/c2*1-25(2,3)18-10-12-28-21(14-18)23-16-20(27(7,8)9)17-24(30-23)22-15-19(11-13-29-22)26(4,5)6;/h2*10-17H,1-9H3;/q;;+2. The SMILES string of the molecule is CC(C)(C)c1ccnc(-c2cc(C(C)(C)C)cc(-c3cc(C(C)(C)C)ccn3)n2)c1.CC(C)(C)c1ccnc(-c2cc(C(C)(C)C)cc(-c3cc(C(C)(C)C)ccn3)n2)c1.[Co+2]. The largest absolute Gasteiger partial charge is 2.00 e. The summed E-state index contributed by atoms with van der Waals surface area (Å²) in [7, 11) is 0. The van der Waals surface area contributed by atoms with Crippen molar-refractivity contribution in [2.75, 3.05) is 0 Å². The Bertz CT molecular complexity index is 2120. The van der Waals surface area contributed by atoms with Crippen LogP contribution in [0.3, 0.4) is 0 Å². The first-order chi connectivity index (χ1) is 27.5. The van der Waals surface area contributed by atoms with Crippen LogP contribution in [0.1, 0.15) is 158 Å². The van der Waals surface area contributed by atoms with Gasteiger partial charge in [0, 0.05) is 24.8 Å². The molecular weight excluding hydrogens is 792 g/mol. The Morgan fingerprint density at radius 2 is 0.410 bits per heavy atom. The zero-order valence-corrected chi connectivity index (χ0v) is 41.3. The molecule has 6 nitrogen and oxygen atoms in total. The van der Waals surface area contributed by atoms with Crippen molar-refractivity contribution in [1.82, 2.24) is 29.9 Å². The van der Waals surface area contributed by atoms with Crippen molar-refractivity contribution in [2.45, 2.75) is 157 Å². The first-order valence-corrected chi connectivity index (χ1v) is 21.4. The van der Waals surface area contributed by atoms with Crippen LogP contribution in [-0.2, 0) is 49.3 Å². The van der Waals surface area contributed by atoms with Crippen molar-refractivity contribution >= 4 is 0 Å². The fraction of sp³-hybridized carbons (Fsp3) is 0.444. The van der Waals surface area contributed by atoms with E-state index < -0.39 is 0 Å². The molecule has 0 amide bonds. The summed E-state index contributed by atoms with van der Waals surface area (Å²) in [6, 6.07) is 25.7. The van der Waals surface area contributed by atoms with E-state index in [2.05, 4.69) is 217 Å². The molecule has 0 aromatic carbocycles. The third-order valence-corrected chi connectivity index (χ3v) is 10.9. The Morgan fingerprint density at radius 1 is 0.246 bits per heavy atom. The zero-order valence-electron chi connectivity index (χ0n) is 40.3. The minimum Gasteiger partial charge on any atom is -0.255 e. The van der Waals surface area contributed by atoms with Gasteiger partial charge in [-0.2, -0.15) is 0 Å². The summed E-state index contributed by atoms with van der Waals surface area (Å²) in [6.07, 6.45) is 7.55. The minimum absolute atomic E-state index is 0. The van der Waals surface area contributed by atoms with E-state index in [9.17, 15) is 0 Å². The van der Waals surface area contributed by atoms with Gasteiger partial charge in [0.05, 0.1) is 45.6 Å². The molecule has 0 fully saturated rings. The molecule has 0 spiro atoms. The van der Waals surface area contributed by atoms with Crippen LogP contribution in [0.5, 0.6) is 0 Å². The summed E-state index contributed by atoms with van der Waals surface area (Å²) < 4.78 is 0. The van der Waals surface area contributed by atoms with Gasteiger partial charge < -0.3 is 0 Å². The van der Waals surface area contributed by atoms with E-state index in [-0.39, 0.29) is 49.3 Å². The van der Waals surface area contributed by atoms with Crippen LogP contribution in [0, 0.1) is 0 Å². The molecule has 6 aromatic heterocycles. The van der Waals surface area contributed by atoms with Crippen LogP contribution >= 0.6 is 0 Å². The average Bonchev–Trinajstić information content (AvgIpc) is 3.16. The first-order valence-electron chi connectivity index (χ1n) is 21.4. The van der Waals surface area contributed by atoms with E-state index in [1.54, 1.807) is 0 Å². The maximum absolute atomic E-state index is 5.01. The van der Waals surface area contributed by atoms with Crippen LogP contribution in [0.25, 0.3) is 45.6 Å². The molecule has 0 bridgehead atoms. The Labute approximate surface area is 378 Å². The molecule has 61 heavy (non-hydrogen) atoms. The van der Waals surface area contributed by atoms with Crippen molar-refractivity contribution in [3.8, 4) is 45.6 Å². The van der Waals surface area contributed by atoms with Gasteiger partial charge in [0.1, 0.15) is 0 Å². The second kappa shape index (κ2) is 18.0. The van der Waals surface area contributed by atoms with Crippen molar-refractivity contribution in [3.05, 3.63) is 131 Å². The van der Waals surface area contributed by atoms with Crippen LogP contribution in [0.15, 0.2) is 97.6 Å². The molecule has 0 saturated heterocycles. The van der Waals surface area contributed by atoms with Crippen LogP contribution < -0.4 is 0 Å². The van der Waals surface area contributed by atoms with Gasteiger partial charge >= 0.3 is 16.8 Å². The van der Waals surface area contributed by atoms with Gasteiger partial charge in [-0.15, -0.1) is 0 Å². The van der Waals surface area contributed by atoms with Gasteiger partial charge in [-0.05, 0) is 139 Å². The molecule has 0 unspecified atom stereocenters. The van der Waals surface area contributed by atoms with E-state index in [1.807, 2.05) is 24.8 Å².